The van der Waals surface area contributed by atoms with Gasteiger partial charge in [0.15, 0.2) is 5.17 Å². The zero-order valence-corrected chi connectivity index (χ0v) is 5.79. The van der Waals surface area contributed by atoms with Crippen molar-refractivity contribution in [3.63, 3.8) is 0 Å². The van der Waals surface area contributed by atoms with Crippen molar-refractivity contribution in [2.75, 3.05) is 18.8 Å². The van der Waals surface area contributed by atoms with Crippen LogP contribution in [-0.2, 0) is 0 Å². The fourth-order valence-electron chi connectivity index (χ4n) is 0.610. The van der Waals surface area contributed by atoms with Crippen molar-refractivity contribution in [1.29, 1.82) is 0 Å². The smallest absolute Gasteiger partial charge is 0.156 e. The number of rotatable bonds is 1. The Morgan fingerprint density at radius 3 is 3.25 bits per heavy atom. The Morgan fingerprint density at radius 2 is 2.75 bits per heavy atom. The van der Waals surface area contributed by atoms with Gasteiger partial charge in [0.05, 0.1) is 6.54 Å². The highest BCUT2D eigenvalue weighted by Gasteiger charge is 2.01. The standard InChI is InChI=1S/C5H10N2S/c1-2-8-5-6-3-4-7-5/h2-4H2,1H3,(H,6,7). The van der Waals surface area contributed by atoms with Gasteiger partial charge in [0.1, 0.15) is 0 Å². The molecule has 1 aliphatic rings. The fourth-order valence-corrected chi connectivity index (χ4v) is 1.27. The van der Waals surface area contributed by atoms with Crippen LogP contribution in [0.15, 0.2) is 4.99 Å². The minimum absolute atomic E-state index is 0.961. The molecule has 0 radical (unpaired) electrons. The van der Waals surface area contributed by atoms with Crippen molar-refractivity contribution in [2.45, 2.75) is 6.92 Å². The summed E-state index contributed by atoms with van der Waals surface area (Å²) in [4.78, 5) is 4.19. The Kier molecular flexibility index (Phi) is 2.21. The highest BCUT2D eigenvalue weighted by molar-refractivity contribution is 8.13. The molecule has 0 spiro atoms. The second-order valence-electron chi connectivity index (χ2n) is 1.55. The van der Waals surface area contributed by atoms with Gasteiger partial charge in [-0.05, 0) is 5.75 Å². The van der Waals surface area contributed by atoms with Crippen LogP contribution in [0.3, 0.4) is 0 Å². The van der Waals surface area contributed by atoms with Crippen LogP contribution in [0.5, 0.6) is 0 Å². The fraction of sp³-hybridized carbons (Fsp3) is 0.800. The number of hydrogen-bond donors (Lipinski definition) is 1. The first-order valence-corrected chi connectivity index (χ1v) is 3.83. The summed E-state index contributed by atoms with van der Waals surface area (Å²) in [6.45, 7) is 4.12. The van der Waals surface area contributed by atoms with E-state index in [0.717, 1.165) is 24.0 Å². The van der Waals surface area contributed by atoms with Crippen LogP contribution in [0.25, 0.3) is 0 Å². The summed E-state index contributed by atoms with van der Waals surface area (Å²) in [6.07, 6.45) is 0. The van der Waals surface area contributed by atoms with Crippen molar-refractivity contribution >= 4 is 16.9 Å². The molecule has 0 aliphatic carbocycles. The second-order valence-corrected chi connectivity index (χ2v) is 2.80. The Hall–Kier alpha value is -0.180. The van der Waals surface area contributed by atoms with Crippen LogP contribution >= 0.6 is 11.8 Å². The average molecular weight is 130 g/mol. The largest absolute Gasteiger partial charge is 0.363 e. The lowest BCUT2D eigenvalue weighted by Crippen LogP contribution is -2.14. The summed E-state index contributed by atoms with van der Waals surface area (Å²) in [5.74, 6) is 1.12. The van der Waals surface area contributed by atoms with E-state index in [1.165, 1.54) is 0 Å². The quantitative estimate of drug-likeness (QED) is 0.565. The highest BCUT2D eigenvalue weighted by Crippen LogP contribution is 2.02. The van der Waals surface area contributed by atoms with E-state index >= 15 is 0 Å². The number of amidine groups is 1. The first-order chi connectivity index (χ1) is 3.93. The van der Waals surface area contributed by atoms with Crippen molar-refractivity contribution < 1.29 is 0 Å². The van der Waals surface area contributed by atoms with E-state index in [9.17, 15) is 0 Å². The minimum Gasteiger partial charge on any atom is -0.363 e. The molecule has 1 N–H and O–H groups in total. The summed E-state index contributed by atoms with van der Waals surface area (Å²) in [6, 6.07) is 0. The molecule has 0 aromatic carbocycles. The van der Waals surface area contributed by atoms with Gasteiger partial charge >= 0.3 is 0 Å². The molecule has 46 valence electrons. The number of thioether (sulfide) groups is 1. The van der Waals surface area contributed by atoms with Gasteiger partial charge in [-0.25, -0.2) is 0 Å². The third-order valence-corrected chi connectivity index (χ3v) is 1.76. The van der Waals surface area contributed by atoms with Gasteiger partial charge < -0.3 is 5.32 Å². The zero-order chi connectivity index (χ0) is 5.82. The lowest BCUT2D eigenvalue weighted by atomic mass is 10.7. The Balaban J connectivity index is 2.23. The van der Waals surface area contributed by atoms with E-state index in [-0.39, 0.29) is 0 Å². The van der Waals surface area contributed by atoms with E-state index in [2.05, 4.69) is 17.2 Å². The van der Waals surface area contributed by atoms with E-state index in [1.54, 1.807) is 11.8 Å². The third kappa shape index (κ3) is 1.40. The molecule has 0 amide bonds. The van der Waals surface area contributed by atoms with Crippen molar-refractivity contribution in [1.82, 2.24) is 5.32 Å². The Morgan fingerprint density at radius 1 is 1.88 bits per heavy atom. The molecule has 0 saturated carbocycles. The van der Waals surface area contributed by atoms with Gasteiger partial charge in [0.25, 0.3) is 0 Å². The van der Waals surface area contributed by atoms with Gasteiger partial charge in [0, 0.05) is 6.54 Å². The first kappa shape index (κ1) is 5.95. The molecule has 3 heteroatoms. The molecule has 1 heterocycles. The van der Waals surface area contributed by atoms with E-state index in [0.29, 0.717) is 0 Å². The zero-order valence-electron chi connectivity index (χ0n) is 4.98. The van der Waals surface area contributed by atoms with Crippen molar-refractivity contribution in [3.05, 3.63) is 0 Å². The van der Waals surface area contributed by atoms with Crippen LogP contribution in [0.4, 0.5) is 0 Å². The molecule has 2 nitrogen and oxygen atoms in total. The molecule has 0 saturated heterocycles. The molecular weight excluding hydrogens is 120 g/mol. The minimum atomic E-state index is 0.961. The summed E-state index contributed by atoms with van der Waals surface area (Å²) in [7, 11) is 0. The highest BCUT2D eigenvalue weighted by atomic mass is 32.2. The van der Waals surface area contributed by atoms with Gasteiger partial charge in [-0.2, -0.15) is 0 Å². The predicted molar refractivity (Wildman–Crippen MR) is 38.4 cm³/mol. The van der Waals surface area contributed by atoms with Crippen molar-refractivity contribution in [3.8, 4) is 0 Å². The SMILES string of the molecule is CCSC1=NCCN1. The van der Waals surface area contributed by atoms with Crippen molar-refractivity contribution in [2.24, 2.45) is 4.99 Å². The van der Waals surface area contributed by atoms with Gasteiger partial charge in [-0.15, -0.1) is 0 Å². The molecule has 8 heavy (non-hydrogen) atoms. The molecule has 0 aromatic heterocycles. The molecule has 0 atom stereocenters. The number of aliphatic imine (C=N–C) groups is 1. The summed E-state index contributed by atoms with van der Waals surface area (Å²) < 4.78 is 0. The third-order valence-electron chi connectivity index (χ3n) is 0.924. The number of nitrogens with one attached hydrogen (secondary N) is 1. The average Bonchev–Trinajstić information content (AvgIpc) is 2.19. The number of hydrogen-bond acceptors (Lipinski definition) is 3. The topological polar surface area (TPSA) is 24.4 Å². The molecular formula is C5H10N2S. The maximum Gasteiger partial charge on any atom is 0.156 e. The normalized spacial score (nSPS) is 17.9. The molecule has 0 bridgehead atoms. The molecule has 0 unspecified atom stereocenters. The second kappa shape index (κ2) is 2.97. The van der Waals surface area contributed by atoms with Gasteiger partial charge in [-0.1, -0.05) is 18.7 Å². The van der Waals surface area contributed by atoms with Gasteiger partial charge in [0.2, 0.25) is 0 Å². The Bertz CT molecular complexity index is 101. The van der Waals surface area contributed by atoms with Crippen LogP contribution in [0, 0.1) is 0 Å². The van der Waals surface area contributed by atoms with Crippen LogP contribution in [0.2, 0.25) is 0 Å². The van der Waals surface area contributed by atoms with Crippen LogP contribution in [0.1, 0.15) is 6.92 Å². The molecule has 1 aliphatic heterocycles. The lowest BCUT2D eigenvalue weighted by Gasteiger charge is -1.94. The molecule has 1 rings (SSSR count). The maximum atomic E-state index is 4.19. The predicted octanol–water partition coefficient (Wildman–Crippen LogP) is 0.699. The molecule has 0 fully saturated rings. The van der Waals surface area contributed by atoms with E-state index < -0.39 is 0 Å². The maximum absolute atomic E-state index is 4.19. The van der Waals surface area contributed by atoms with Crippen LogP contribution < -0.4 is 5.32 Å². The summed E-state index contributed by atoms with van der Waals surface area (Å²) in [5.41, 5.74) is 0. The molecule has 0 aromatic rings. The Labute approximate surface area is 53.8 Å². The van der Waals surface area contributed by atoms with Crippen LogP contribution in [-0.4, -0.2) is 24.0 Å². The summed E-state index contributed by atoms with van der Waals surface area (Å²) in [5, 5.41) is 4.29. The number of nitrogens with zero attached hydrogens (tertiary/aromatic N) is 1. The monoisotopic (exact) mass is 130 g/mol. The summed E-state index contributed by atoms with van der Waals surface area (Å²) >= 11 is 1.78. The van der Waals surface area contributed by atoms with Gasteiger partial charge in [-0.3, -0.25) is 4.99 Å². The first-order valence-electron chi connectivity index (χ1n) is 2.84. The van der Waals surface area contributed by atoms with E-state index in [1.807, 2.05) is 0 Å². The lowest BCUT2D eigenvalue weighted by molar-refractivity contribution is 0.963. The van der Waals surface area contributed by atoms with E-state index in [4.69, 9.17) is 0 Å².